The molecular weight excluding hydrogens is 271 g/mol. The molecule has 1 aromatic carbocycles. The maximum atomic E-state index is 12.9. The Morgan fingerprint density at radius 3 is 2.83 bits per heavy atom. The zero-order valence-corrected chi connectivity index (χ0v) is 11.3. The van der Waals surface area contributed by atoms with E-state index in [4.69, 9.17) is 11.6 Å². The monoisotopic (exact) mass is 284 g/mol. The summed E-state index contributed by atoms with van der Waals surface area (Å²) in [6.07, 6.45) is 1.56. The Morgan fingerprint density at radius 1 is 1.33 bits per heavy atom. The third-order valence-corrected chi connectivity index (χ3v) is 4.06. The van der Waals surface area contributed by atoms with Crippen molar-refractivity contribution >= 4 is 22.9 Å². The summed E-state index contributed by atoms with van der Waals surface area (Å²) in [7, 11) is 0. The summed E-state index contributed by atoms with van der Waals surface area (Å²) in [5.74, 6) is -0.350. The summed E-state index contributed by atoms with van der Waals surface area (Å²) in [5.41, 5.74) is 0.789. The quantitative estimate of drug-likeness (QED) is 0.877. The molecule has 1 heterocycles. The molecule has 0 spiro atoms. The summed E-state index contributed by atoms with van der Waals surface area (Å²) >= 11 is 7.61. The molecule has 1 nitrogen and oxygen atoms in total. The van der Waals surface area contributed by atoms with E-state index in [0.29, 0.717) is 17.9 Å². The van der Waals surface area contributed by atoms with Crippen molar-refractivity contribution in [3.63, 3.8) is 0 Å². The molecule has 96 valence electrons. The van der Waals surface area contributed by atoms with Gasteiger partial charge in [-0.1, -0.05) is 23.7 Å². The first-order chi connectivity index (χ1) is 8.65. The van der Waals surface area contributed by atoms with Gasteiger partial charge in [-0.05, 0) is 48.4 Å². The molecule has 1 aromatic heterocycles. The second-order valence-corrected chi connectivity index (χ2v) is 5.65. The van der Waals surface area contributed by atoms with Gasteiger partial charge < -0.3 is 5.11 Å². The molecule has 18 heavy (non-hydrogen) atoms. The van der Waals surface area contributed by atoms with Gasteiger partial charge in [0.15, 0.2) is 0 Å². The summed E-state index contributed by atoms with van der Waals surface area (Å²) in [6.45, 7) is 0. The fraction of sp³-hybridized carbons (Fsp3) is 0.286. The van der Waals surface area contributed by atoms with Gasteiger partial charge in [0, 0.05) is 9.90 Å². The van der Waals surface area contributed by atoms with Crippen LogP contribution in [0.25, 0.3) is 0 Å². The first-order valence-electron chi connectivity index (χ1n) is 5.79. The number of aliphatic hydroxyl groups excluding tert-OH is 1. The molecule has 0 aliphatic rings. The third-order valence-electron chi connectivity index (χ3n) is 2.77. The van der Waals surface area contributed by atoms with E-state index in [1.807, 2.05) is 11.4 Å². The Morgan fingerprint density at radius 2 is 2.17 bits per heavy atom. The molecule has 0 amide bonds. The lowest BCUT2D eigenvalue weighted by atomic mass is 10.0. The van der Waals surface area contributed by atoms with Crippen LogP contribution in [-0.4, -0.2) is 11.2 Å². The van der Waals surface area contributed by atoms with Crippen molar-refractivity contribution in [2.75, 3.05) is 0 Å². The largest absolute Gasteiger partial charge is 0.393 e. The van der Waals surface area contributed by atoms with Gasteiger partial charge in [0.1, 0.15) is 5.82 Å². The summed E-state index contributed by atoms with van der Waals surface area (Å²) < 4.78 is 12.9. The number of thiophene rings is 1. The standard InChI is InChI=1S/C14H14ClFOS/c15-14-9-11(16)4-3-10(14)8-12(17)5-6-13-2-1-7-18-13/h1-4,7,9,12,17H,5-6,8H2. The molecule has 0 saturated heterocycles. The number of aryl methyl sites for hydroxylation is 1. The van der Waals surface area contributed by atoms with Crippen LogP contribution in [0.2, 0.25) is 5.02 Å². The van der Waals surface area contributed by atoms with Crippen LogP contribution in [0.15, 0.2) is 35.7 Å². The van der Waals surface area contributed by atoms with Gasteiger partial charge in [-0.2, -0.15) is 0 Å². The van der Waals surface area contributed by atoms with Crippen LogP contribution in [-0.2, 0) is 12.8 Å². The minimum atomic E-state index is -0.449. The number of rotatable bonds is 5. The van der Waals surface area contributed by atoms with Gasteiger partial charge in [0.2, 0.25) is 0 Å². The van der Waals surface area contributed by atoms with Crippen molar-refractivity contribution < 1.29 is 9.50 Å². The number of hydrogen-bond acceptors (Lipinski definition) is 2. The third kappa shape index (κ3) is 3.80. The summed E-state index contributed by atoms with van der Waals surface area (Å²) in [6, 6.07) is 8.34. The topological polar surface area (TPSA) is 20.2 Å². The van der Waals surface area contributed by atoms with E-state index in [1.54, 1.807) is 17.4 Å². The predicted molar refractivity (Wildman–Crippen MR) is 73.8 cm³/mol. The smallest absolute Gasteiger partial charge is 0.124 e. The minimum absolute atomic E-state index is 0.350. The van der Waals surface area contributed by atoms with Crippen LogP contribution in [0.4, 0.5) is 4.39 Å². The first kappa shape index (κ1) is 13.5. The normalized spacial score (nSPS) is 12.6. The van der Waals surface area contributed by atoms with E-state index in [0.717, 1.165) is 12.0 Å². The highest BCUT2D eigenvalue weighted by Crippen LogP contribution is 2.20. The molecule has 1 unspecified atom stereocenters. The number of benzene rings is 1. The fourth-order valence-electron chi connectivity index (χ4n) is 1.81. The average Bonchev–Trinajstić information content (AvgIpc) is 2.83. The second-order valence-electron chi connectivity index (χ2n) is 4.21. The van der Waals surface area contributed by atoms with Gasteiger partial charge in [-0.25, -0.2) is 4.39 Å². The Balaban J connectivity index is 1.88. The molecule has 0 bridgehead atoms. The van der Waals surface area contributed by atoms with Gasteiger partial charge >= 0.3 is 0 Å². The number of halogens is 2. The summed E-state index contributed by atoms with van der Waals surface area (Å²) in [4.78, 5) is 1.26. The Bertz CT molecular complexity index is 499. The van der Waals surface area contributed by atoms with Crippen molar-refractivity contribution in [1.82, 2.24) is 0 Å². The molecule has 0 radical (unpaired) electrons. The van der Waals surface area contributed by atoms with E-state index in [-0.39, 0.29) is 5.82 Å². The van der Waals surface area contributed by atoms with E-state index < -0.39 is 6.10 Å². The Labute approximate surface area is 115 Å². The molecule has 2 rings (SSSR count). The van der Waals surface area contributed by atoms with Crippen LogP contribution >= 0.6 is 22.9 Å². The predicted octanol–water partition coefficient (Wildman–Crippen LogP) is 4.08. The lowest BCUT2D eigenvalue weighted by Crippen LogP contribution is -2.11. The first-order valence-corrected chi connectivity index (χ1v) is 7.05. The van der Waals surface area contributed by atoms with E-state index in [1.165, 1.54) is 17.0 Å². The number of aliphatic hydroxyl groups is 1. The molecule has 4 heteroatoms. The maximum absolute atomic E-state index is 12.9. The van der Waals surface area contributed by atoms with Gasteiger partial charge in [0.05, 0.1) is 6.10 Å². The van der Waals surface area contributed by atoms with Crippen LogP contribution in [0.5, 0.6) is 0 Å². The molecule has 2 aromatic rings. The average molecular weight is 285 g/mol. The summed E-state index contributed by atoms with van der Waals surface area (Å²) in [5, 5.41) is 12.4. The molecule has 0 aliphatic heterocycles. The van der Waals surface area contributed by atoms with E-state index in [2.05, 4.69) is 6.07 Å². The number of hydrogen-bond donors (Lipinski definition) is 1. The SMILES string of the molecule is OC(CCc1cccs1)Cc1ccc(F)cc1Cl. The van der Waals surface area contributed by atoms with Crippen LogP contribution in [0.3, 0.4) is 0 Å². The molecule has 1 N–H and O–H groups in total. The molecule has 0 aliphatic carbocycles. The molecule has 0 saturated carbocycles. The van der Waals surface area contributed by atoms with E-state index >= 15 is 0 Å². The lowest BCUT2D eigenvalue weighted by molar-refractivity contribution is 0.165. The van der Waals surface area contributed by atoms with Crippen molar-refractivity contribution in [2.45, 2.75) is 25.4 Å². The molecular formula is C14H14ClFOS. The van der Waals surface area contributed by atoms with Crippen molar-refractivity contribution in [2.24, 2.45) is 0 Å². The van der Waals surface area contributed by atoms with Crippen LogP contribution in [0.1, 0.15) is 16.9 Å². The minimum Gasteiger partial charge on any atom is -0.393 e. The van der Waals surface area contributed by atoms with Gasteiger partial charge in [-0.15, -0.1) is 11.3 Å². The zero-order valence-electron chi connectivity index (χ0n) is 9.77. The molecule has 0 fully saturated rings. The van der Waals surface area contributed by atoms with Crippen molar-refractivity contribution in [1.29, 1.82) is 0 Å². The van der Waals surface area contributed by atoms with Crippen LogP contribution < -0.4 is 0 Å². The van der Waals surface area contributed by atoms with Gasteiger partial charge in [0.25, 0.3) is 0 Å². The van der Waals surface area contributed by atoms with Crippen molar-refractivity contribution in [3.8, 4) is 0 Å². The van der Waals surface area contributed by atoms with Crippen molar-refractivity contribution in [3.05, 3.63) is 57.0 Å². The maximum Gasteiger partial charge on any atom is 0.124 e. The highest BCUT2D eigenvalue weighted by Gasteiger charge is 2.09. The van der Waals surface area contributed by atoms with Gasteiger partial charge in [-0.3, -0.25) is 0 Å². The highest BCUT2D eigenvalue weighted by atomic mass is 35.5. The molecule has 1 atom stereocenters. The Kier molecular flexibility index (Phi) is 4.75. The fourth-order valence-corrected chi connectivity index (χ4v) is 2.78. The second kappa shape index (κ2) is 6.32. The Hall–Kier alpha value is -0.900. The zero-order chi connectivity index (χ0) is 13.0. The highest BCUT2D eigenvalue weighted by molar-refractivity contribution is 7.09. The van der Waals surface area contributed by atoms with E-state index in [9.17, 15) is 9.50 Å². The van der Waals surface area contributed by atoms with Crippen LogP contribution in [0, 0.1) is 5.82 Å². The lowest BCUT2D eigenvalue weighted by Gasteiger charge is -2.11.